The summed E-state index contributed by atoms with van der Waals surface area (Å²) in [6.07, 6.45) is 1.80. The summed E-state index contributed by atoms with van der Waals surface area (Å²) in [7, 11) is 1.66. The van der Waals surface area contributed by atoms with Gasteiger partial charge in [0.1, 0.15) is 6.61 Å². The number of pyridine rings is 1. The van der Waals surface area contributed by atoms with Crippen LogP contribution in [0.5, 0.6) is 11.5 Å². The molecule has 1 N–H and O–H groups in total. The molecule has 2 aromatic carbocycles. The SMILES string of the molecule is COc1cc(CNCc2ccccn2)cc(Br)c1OCc1ccccc1. The van der Waals surface area contributed by atoms with Crippen LogP contribution in [-0.4, -0.2) is 12.1 Å². The first-order chi connectivity index (χ1) is 12.8. The zero-order chi connectivity index (χ0) is 18.2. The van der Waals surface area contributed by atoms with Gasteiger partial charge in [0.25, 0.3) is 0 Å². The summed E-state index contributed by atoms with van der Waals surface area (Å²) in [5.74, 6) is 1.43. The second-order valence-electron chi connectivity index (χ2n) is 5.81. The van der Waals surface area contributed by atoms with E-state index in [9.17, 15) is 0 Å². The van der Waals surface area contributed by atoms with E-state index in [1.54, 1.807) is 13.3 Å². The monoisotopic (exact) mass is 412 g/mol. The minimum atomic E-state index is 0.493. The van der Waals surface area contributed by atoms with Crippen molar-refractivity contribution in [3.63, 3.8) is 0 Å². The van der Waals surface area contributed by atoms with Gasteiger partial charge in [0, 0.05) is 19.3 Å². The summed E-state index contributed by atoms with van der Waals surface area (Å²) >= 11 is 3.60. The van der Waals surface area contributed by atoms with Crippen molar-refractivity contribution in [3.05, 3.63) is 88.2 Å². The summed E-state index contributed by atoms with van der Waals surface area (Å²) in [6.45, 7) is 1.92. The number of nitrogens with zero attached hydrogens (tertiary/aromatic N) is 1. The molecule has 3 aromatic rings. The van der Waals surface area contributed by atoms with Crippen LogP contribution < -0.4 is 14.8 Å². The summed E-state index contributed by atoms with van der Waals surface area (Å²) in [6, 6.07) is 20.0. The molecule has 0 amide bonds. The van der Waals surface area contributed by atoms with Gasteiger partial charge in [-0.15, -0.1) is 0 Å². The maximum Gasteiger partial charge on any atom is 0.175 e. The van der Waals surface area contributed by atoms with Crippen LogP contribution >= 0.6 is 15.9 Å². The van der Waals surface area contributed by atoms with Gasteiger partial charge in [0.05, 0.1) is 17.3 Å². The molecule has 0 aliphatic rings. The second-order valence-corrected chi connectivity index (χ2v) is 6.66. The van der Waals surface area contributed by atoms with Crippen LogP contribution in [0, 0.1) is 0 Å². The molecule has 3 rings (SSSR count). The summed E-state index contributed by atoms with van der Waals surface area (Å²) < 4.78 is 12.4. The summed E-state index contributed by atoms with van der Waals surface area (Å²) in [4.78, 5) is 4.31. The molecule has 0 radical (unpaired) electrons. The highest BCUT2D eigenvalue weighted by molar-refractivity contribution is 9.10. The highest BCUT2D eigenvalue weighted by atomic mass is 79.9. The fraction of sp³-hybridized carbons (Fsp3) is 0.190. The van der Waals surface area contributed by atoms with E-state index in [0.717, 1.165) is 21.3 Å². The van der Waals surface area contributed by atoms with Crippen molar-refractivity contribution in [2.45, 2.75) is 19.7 Å². The maximum absolute atomic E-state index is 5.97. The number of hydrogen-bond acceptors (Lipinski definition) is 4. The van der Waals surface area contributed by atoms with Gasteiger partial charge in [0.2, 0.25) is 0 Å². The molecular formula is C21H21BrN2O2. The van der Waals surface area contributed by atoms with Crippen molar-refractivity contribution >= 4 is 15.9 Å². The largest absolute Gasteiger partial charge is 0.493 e. The normalized spacial score (nSPS) is 10.5. The first-order valence-electron chi connectivity index (χ1n) is 8.40. The molecule has 5 heteroatoms. The van der Waals surface area contributed by atoms with Crippen molar-refractivity contribution in [2.24, 2.45) is 0 Å². The number of methoxy groups -OCH3 is 1. The van der Waals surface area contributed by atoms with Gasteiger partial charge in [-0.1, -0.05) is 36.4 Å². The number of ether oxygens (including phenoxy) is 2. The third kappa shape index (κ3) is 5.07. The lowest BCUT2D eigenvalue weighted by molar-refractivity contribution is 0.282. The Bertz CT molecular complexity index is 826. The molecule has 134 valence electrons. The van der Waals surface area contributed by atoms with Gasteiger partial charge in [-0.2, -0.15) is 0 Å². The lowest BCUT2D eigenvalue weighted by Gasteiger charge is -2.15. The van der Waals surface area contributed by atoms with Gasteiger partial charge in [-0.3, -0.25) is 4.98 Å². The topological polar surface area (TPSA) is 43.4 Å². The standard InChI is InChI=1S/C21H21BrN2O2/c1-25-20-12-17(13-23-14-18-9-5-6-10-24-18)11-19(22)21(20)26-15-16-7-3-2-4-8-16/h2-12,23H,13-15H2,1H3. The lowest BCUT2D eigenvalue weighted by Crippen LogP contribution is -2.13. The van der Waals surface area contributed by atoms with Crippen molar-refractivity contribution < 1.29 is 9.47 Å². The number of rotatable bonds is 8. The number of aromatic nitrogens is 1. The van der Waals surface area contributed by atoms with Crippen molar-refractivity contribution in [3.8, 4) is 11.5 Å². The predicted octanol–water partition coefficient (Wildman–Crippen LogP) is 4.72. The molecule has 26 heavy (non-hydrogen) atoms. The van der Waals surface area contributed by atoms with E-state index in [1.165, 1.54) is 0 Å². The zero-order valence-corrected chi connectivity index (χ0v) is 16.2. The Morgan fingerprint density at radius 1 is 0.962 bits per heavy atom. The molecule has 1 heterocycles. The molecule has 0 spiro atoms. The third-order valence-electron chi connectivity index (χ3n) is 3.88. The lowest BCUT2D eigenvalue weighted by atomic mass is 10.2. The van der Waals surface area contributed by atoms with Crippen molar-refractivity contribution in [1.82, 2.24) is 10.3 Å². The predicted molar refractivity (Wildman–Crippen MR) is 106 cm³/mol. The average Bonchev–Trinajstić information content (AvgIpc) is 2.68. The molecule has 0 saturated heterocycles. The molecule has 0 aliphatic carbocycles. The number of halogens is 1. The minimum Gasteiger partial charge on any atom is -0.493 e. The number of benzene rings is 2. The number of nitrogens with one attached hydrogen (secondary N) is 1. The van der Waals surface area contributed by atoms with Gasteiger partial charge in [0.15, 0.2) is 11.5 Å². The van der Waals surface area contributed by atoms with Gasteiger partial charge < -0.3 is 14.8 Å². The van der Waals surface area contributed by atoms with Crippen LogP contribution in [-0.2, 0) is 19.7 Å². The van der Waals surface area contributed by atoms with E-state index in [0.29, 0.717) is 31.2 Å². The first-order valence-corrected chi connectivity index (χ1v) is 9.19. The zero-order valence-electron chi connectivity index (χ0n) is 14.6. The summed E-state index contributed by atoms with van der Waals surface area (Å²) in [5, 5.41) is 3.39. The van der Waals surface area contributed by atoms with Crippen molar-refractivity contribution in [1.29, 1.82) is 0 Å². The van der Waals surface area contributed by atoms with E-state index < -0.39 is 0 Å². The third-order valence-corrected chi connectivity index (χ3v) is 4.47. The average molecular weight is 413 g/mol. The molecule has 0 atom stereocenters. The van der Waals surface area contributed by atoms with Crippen LogP contribution in [0.25, 0.3) is 0 Å². The fourth-order valence-electron chi connectivity index (χ4n) is 2.58. The van der Waals surface area contributed by atoms with Crippen LogP contribution in [0.2, 0.25) is 0 Å². The molecular weight excluding hydrogens is 392 g/mol. The van der Waals surface area contributed by atoms with Crippen LogP contribution in [0.3, 0.4) is 0 Å². The highest BCUT2D eigenvalue weighted by Gasteiger charge is 2.12. The Labute approximate surface area is 162 Å². The summed E-state index contributed by atoms with van der Waals surface area (Å²) in [5.41, 5.74) is 3.24. The van der Waals surface area contributed by atoms with Gasteiger partial charge in [-0.25, -0.2) is 0 Å². The Balaban J connectivity index is 1.64. The first kappa shape index (κ1) is 18.4. The van der Waals surface area contributed by atoms with E-state index in [4.69, 9.17) is 9.47 Å². The van der Waals surface area contributed by atoms with Crippen LogP contribution in [0.4, 0.5) is 0 Å². The molecule has 1 aromatic heterocycles. The van der Waals surface area contributed by atoms with E-state index in [2.05, 4.69) is 26.2 Å². The Morgan fingerprint density at radius 2 is 1.77 bits per heavy atom. The molecule has 0 unspecified atom stereocenters. The van der Waals surface area contributed by atoms with E-state index >= 15 is 0 Å². The minimum absolute atomic E-state index is 0.493. The smallest absolute Gasteiger partial charge is 0.175 e. The maximum atomic E-state index is 5.97. The number of hydrogen-bond donors (Lipinski definition) is 1. The van der Waals surface area contributed by atoms with E-state index in [1.807, 2.05) is 60.7 Å². The Morgan fingerprint density at radius 3 is 2.50 bits per heavy atom. The Hall–Kier alpha value is -2.37. The Kier molecular flexibility index (Phi) is 6.63. The van der Waals surface area contributed by atoms with Crippen LogP contribution in [0.15, 0.2) is 71.3 Å². The highest BCUT2D eigenvalue weighted by Crippen LogP contribution is 2.37. The van der Waals surface area contributed by atoms with Gasteiger partial charge >= 0.3 is 0 Å². The van der Waals surface area contributed by atoms with E-state index in [-0.39, 0.29) is 0 Å². The second kappa shape index (κ2) is 9.36. The molecule has 0 fully saturated rings. The molecule has 4 nitrogen and oxygen atoms in total. The molecule has 0 saturated carbocycles. The fourth-order valence-corrected chi connectivity index (χ4v) is 3.19. The quantitative estimate of drug-likeness (QED) is 0.580. The van der Waals surface area contributed by atoms with Gasteiger partial charge in [-0.05, 0) is 51.3 Å². The molecule has 0 bridgehead atoms. The molecule has 0 aliphatic heterocycles. The van der Waals surface area contributed by atoms with Crippen molar-refractivity contribution in [2.75, 3.05) is 7.11 Å². The van der Waals surface area contributed by atoms with Crippen LogP contribution in [0.1, 0.15) is 16.8 Å².